The van der Waals surface area contributed by atoms with Gasteiger partial charge in [0.05, 0.1) is 11.0 Å². The van der Waals surface area contributed by atoms with E-state index in [1.807, 2.05) is 72.8 Å². The topological polar surface area (TPSA) is 69.9 Å². The molecule has 0 fully saturated rings. The summed E-state index contributed by atoms with van der Waals surface area (Å²) >= 11 is 0. The van der Waals surface area contributed by atoms with E-state index in [9.17, 15) is 0 Å². The minimum atomic E-state index is 0.583. The van der Waals surface area contributed by atoms with Crippen LogP contribution < -0.4 is 0 Å². The molecule has 0 aliphatic heterocycles. The van der Waals surface area contributed by atoms with Crippen molar-refractivity contribution in [3.63, 3.8) is 0 Å². The van der Waals surface area contributed by atoms with Crippen LogP contribution in [-0.2, 0) is 0 Å². The Morgan fingerprint density at radius 1 is 0.351 bits per heavy atom. The van der Waals surface area contributed by atoms with E-state index in [4.69, 9.17) is 23.8 Å². The maximum Gasteiger partial charge on any atom is 0.164 e. The molecule has 6 heteroatoms. The molecule has 6 nitrogen and oxygen atoms in total. The second kappa shape index (κ2) is 12.3. The summed E-state index contributed by atoms with van der Waals surface area (Å²) in [5, 5.41) is 6.53. The van der Waals surface area contributed by atoms with Crippen LogP contribution in [0.3, 0.4) is 0 Å². The van der Waals surface area contributed by atoms with Gasteiger partial charge in [0.25, 0.3) is 0 Å². The van der Waals surface area contributed by atoms with Gasteiger partial charge in [0.15, 0.2) is 17.5 Å². The molecule has 4 aromatic heterocycles. The minimum absolute atomic E-state index is 0.583. The molecule has 12 aromatic rings. The summed E-state index contributed by atoms with van der Waals surface area (Å²) < 4.78 is 15.6. The van der Waals surface area contributed by atoms with E-state index < -0.39 is 0 Å². The van der Waals surface area contributed by atoms with Gasteiger partial charge in [-0.05, 0) is 48.0 Å². The molecule has 0 radical (unpaired) electrons. The van der Waals surface area contributed by atoms with Crippen molar-refractivity contribution in [1.29, 1.82) is 0 Å². The van der Waals surface area contributed by atoms with Gasteiger partial charge in [0.2, 0.25) is 0 Å². The number of aromatic nitrogens is 4. The number of rotatable bonds is 5. The lowest BCUT2D eigenvalue weighted by Crippen LogP contribution is -2.00. The molecule has 0 unspecified atom stereocenters. The van der Waals surface area contributed by atoms with Crippen molar-refractivity contribution >= 4 is 65.7 Å². The molecule has 0 atom stereocenters. The van der Waals surface area contributed by atoms with E-state index in [2.05, 4.69) is 114 Å². The molecular formula is C51H30N4O2. The minimum Gasteiger partial charge on any atom is -0.456 e. The number of hydrogen-bond donors (Lipinski definition) is 0. The Bertz CT molecular complexity index is 3410. The first-order valence-corrected chi connectivity index (χ1v) is 19.0. The van der Waals surface area contributed by atoms with Gasteiger partial charge >= 0.3 is 0 Å². The molecule has 12 rings (SSSR count). The third-order valence-corrected chi connectivity index (χ3v) is 11.1. The summed E-state index contributed by atoms with van der Waals surface area (Å²) in [6.07, 6.45) is 0. The predicted octanol–water partition coefficient (Wildman–Crippen LogP) is 13.4. The zero-order chi connectivity index (χ0) is 37.5. The van der Waals surface area contributed by atoms with Crippen LogP contribution >= 0.6 is 0 Å². The van der Waals surface area contributed by atoms with E-state index in [1.165, 1.54) is 21.8 Å². The molecular weight excluding hydrogens is 701 g/mol. The molecule has 57 heavy (non-hydrogen) atoms. The fourth-order valence-electron chi connectivity index (χ4n) is 8.46. The van der Waals surface area contributed by atoms with Gasteiger partial charge in [-0.1, -0.05) is 133 Å². The molecule has 0 saturated carbocycles. The number of benzene rings is 8. The van der Waals surface area contributed by atoms with Gasteiger partial charge in [-0.3, -0.25) is 0 Å². The van der Waals surface area contributed by atoms with Crippen molar-refractivity contribution in [2.24, 2.45) is 0 Å². The molecule has 0 aliphatic rings. The molecule has 0 bridgehead atoms. The highest BCUT2D eigenvalue weighted by molar-refractivity contribution is 6.15. The van der Waals surface area contributed by atoms with Crippen LogP contribution in [0.4, 0.5) is 0 Å². The molecule has 8 aromatic carbocycles. The average Bonchev–Trinajstić information content (AvgIpc) is 3.96. The van der Waals surface area contributed by atoms with Crippen LogP contribution in [0.25, 0.3) is 117 Å². The second-order valence-corrected chi connectivity index (χ2v) is 14.4. The number of furan rings is 2. The van der Waals surface area contributed by atoms with Crippen LogP contribution in [0.1, 0.15) is 0 Å². The van der Waals surface area contributed by atoms with Crippen molar-refractivity contribution in [2.45, 2.75) is 0 Å². The molecule has 0 saturated heterocycles. The zero-order valence-corrected chi connectivity index (χ0v) is 30.4. The van der Waals surface area contributed by atoms with Crippen molar-refractivity contribution < 1.29 is 8.83 Å². The second-order valence-electron chi connectivity index (χ2n) is 14.4. The molecule has 0 amide bonds. The number of fused-ring (bicyclic) bond motifs is 9. The van der Waals surface area contributed by atoms with E-state index in [1.54, 1.807) is 0 Å². The Kier molecular flexibility index (Phi) is 6.83. The normalized spacial score (nSPS) is 11.9. The van der Waals surface area contributed by atoms with Gasteiger partial charge in [-0.25, -0.2) is 15.0 Å². The third-order valence-electron chi connectivity index (χ3n) is 11.1. The quantitative estimate of drug-likeness (QED) is 0.176. The lowest BCUT2D eigenvalue weighted by atomic mass is 9.99. The van der Waals surface area contributed by atoms with Gasteiger partial charge < -0.3 is 13.4 Å². The van der Waals surface area contributed by atoms with Crippen molar-refractivity contribution in [1.82, 2.24) is 19.5 Å². The number of para-hydroxylation sites is 3. The summed E-state index contributed by atoms with van der Waals surface area (Å²) in [4.78, 5) is 15.0. The fourth-order valence-corrected chi connectivity index (χ4v) is 8.46. The Morgan fingerprint density at radius 2 is 0.965 bits per heavy atom. The summed E-state index contributed by atoms with van der Waals surface area (Å²) in [6.45, 7) is 0. The highest BCUT2D eigenvalue weighted by atomic mass is 16.3. The summed E-state index contributed by atoms with van der Waals surface area (Å²) in [5.74, 6) is 1.81. The van der Waals surface area contributed by atoms with Crippen LogP contribution in [0.5, 0.6) is 0 Å². The van der Waals surface area contributed by atoms with Crippen molar-refractivity contribution in [3.05, 3.63) is 182 Å². The SMILES string of the molecule is c1ccc(-c2nc(-c3ccccc3)nc(-c3cccc4oc5ccc(-c6cccc7c6oc6cc(-n8c9ccccc9c9ccccc98)ccc67)cc5c34)n2)cc1. The van der Waals surface area contributed by atoms with Crippen LogP contribution in [0.15, 0.2) is 191 Å². The highest BCUT2D eigenvalue weighted by Gasteiger charge is 2.20. The monoisotopic (exact) mass is 730 g/mol. The largest absolute Gasteiger partial charge is 0.456 e. The molecule has 0 spiro atoms. The van der Waals surface area contributed by atoms with Crippen LogP contribution in [-0.4, -0.2) is 19.5 Å². The molecule has 266 valence electrons. The Labute approximate surface area is 325 Å². The van der Waals surface area contributed by atoms with Crippen LogP contribution in [0.2, 0.25) is 0 Å². The number of hydrogen-bond acceptors (Lipinski definition) is 5. The summed E-state index contributed by atoms with van der Waals surface area (Å²) in [7, 11) is 0. The first-order valence-electron chi connectivity index (χ1n) is 19.0. The van der Waals surface area contributed by atoms with Crippen molar-refractivity contribution in [2.75, 3.05) is 0 Å². The number of nitrogens with zero attached hydrogens (tertiary/aromatic N) is 4. The fraction of sp³-hybridized carbons (Fsp3) is 0. The predicted molar refractivity (Wildman–Crippen MR) is 230 cm³/mol. The van der Waals surface area contributed by atoms with Gasteiger partial charge in [0, 0.05) is 66.3 Å². The Hall–Kier alpha value is -7.83. The van der Waals surface area contributed by atoms with Gasteiger partial charge in [0.1, 0.15) is 22.3 Å². The zero-order valence-electron chi connectivity index (χ0n) is 30.4. The van der Waals surface area contributed by atoms with E-state index in [0.717, 1.165) is 77.4 Å². The Morgan fingerprint density at radius 3 is 1.68 bits per heavy atom. The molecule has 4 heterocycles. The average molecular weight is 731 g/mol. The van der Waals surface area contributed by atoms with E-state index in [-0.39, 0.29) is 0 Å². The smallest absolute Gasteiger partial charge is 0.164 e. The van der Waals surface area contributed by atoms with Gasteiger partial charge in [-0.15, -0.1) is 0 Å². The maximum absolute atomic E-state index is 6.82. The third kappa shape index (κ3) is 4.94. The Balaban J connectivity index is 1.03. The van der Waals surface area contributed by atoms with Crippen molar-refractivity contribution in [3.8, 4) is 51.0 Å². The maximum atomic E-state index is 6.82. The lowest BCUT2D eigenvalue weighted by molar-refractivity contribution is 0.668. The summed E-state index contributed by atoms with van der Waals surface area (Å²) in [6, 6.07) is 62.6. The van der Waals surface area contributed by atoms with E-state index >= 15 is 0 Å². The first kappa shape index (κ1) is 31.5. The van der Waals surface area contributed by atoms with E-state index in [0.29, 0.717) is 17.5 Å². The van der Waals surface area contributed by atoms with Gasteiger partial charge in [-0.2, -0.15) is 0 Å². The standard InChI is InChI=1S/C51H30N4O2/c1-3-13-31(14-4-1)49-52-50(32-15-5-2-6-16-32)54-51(53-49)40-21-12-24-45-47(40)41-29-33(25-28-44(41)56-45)35-19-11-20-39-38-27-26-34(30-46(38)57-48(35)39)55-42-22-9-7-17-36(42)37-18-8-10-23-43(37)55/h1-30H. The first-order chi connectivity index (χ1) is 28.2. The van der Waals surface area contributed by atoms with Crippen LogP contribution in [0, 0.1) is 0 Å². The lowest BCUT2D eigenvalue weighted by Gasteiger charge is -2.09. The summed E-state index contributed by atoms with van der Waals surface area (Å²) in [5.41, 5.74) is 11.4. The molecule has 0 aliphatic carbocycles. The highest BCUT2D eigenvalue weighted by Crippen LogP contribution is 2.42. The molecule has 0 N–H and O–H groups in total.